The van der Waals surface area contributed by atoms with Gasteiger partial charge in [-0.2, -0.15) is 14.5 Å². The van der Waals surface area contributed by atoms with Gasteiger partial charge in [-0.1, -0.05) is 4.98 Å². The summed E-state index contributed by atoms with van der Waals surface area (Å²) < 4.78 is 2.51. The number of nitro groups is 1. The van der Waals surface area contributed by atoms with Gasteiger partial charge < -0.3 is 15.4 Å². The summed E-state index contributed by atoms with van der Waals surface area (Å²) in [4.78, 5) is 34.3. The van der Waals surface area contributed by atoms with E-state index in [-0.39, 0.29) is 6.54 Å². The third kappa shape index (κ3) is 3.68. The molecule has 26 heavy (non-hydrogen) atoms. The fourth-order valence-electron chi connectivity index (χ4n) is 2.32. The average molecular weight is 357 g/mol. The highest BCUT2D eigenvalue weighted by molar-refractivity contribution is 5.89. The summed E-state index contributed by atoms with van der Waals surface area (Å²) >= 11 is 0. The third-order valence-electron chi connectivity index (χ3n) is 3.25. The number of hydrogen-bond acceptors (Lipinski definition) is 8. The molecule has 3 aromatic rings. The van der Waals surface area contributed by atoms with Gasteiger partial charge in [0.25, 0.3) is 5.95 Å². The number of nitrogens with zero attached hydrogens (tertiary/aromatic N) is 8. The first-order valence-corrected chi connectivity index (χ1v) is 7.55. The molecule has 0 fully saturated rings. The van der Waals surface area contributed by atoms with Gasteiger partial charge in [0.1, 0.15) is 12.4 Å². The first-order chi connectivity index (χ1) is 12.3. The minimum atomic E-state index is -0.732. The summed E-state index contributed by atoms with van der Waals surface area (Å²) in [6, 6.07) is 3.50. The van der Waals surface area contributed by atoms with Crippen LogP contribution in [0.2, 0.25) is 0 Å². The molecule has 0 atom stereocenters. The van der Waals surface area contributed by atoms with E-state index in [2.05, 4.69) is 30.5 Å². The van der Waals surface area contributed by atoms with Crippen LogP contribution in [0.5, 0.6) is 0 Å². The fourth-order valence-corrected chi connectivity index (χ4v) is 2.32. The largest absolute Gasteiger partial charge is 0.490 e. The van der Waals surface area contributed by atoms with Crippen molar-refractivity contribution in [3.05, 3.63) is 45.7 Å². The Morgan fingerprint density at radius 1 is 1.15 bits per heavy atom. The zero-order valence-electron chi connectivity index (χ0n) is 14.2. The highest BCUT2D eigenvalue weighted by Gasteiger charge is 2.17. The highest BCUT2D eigenvalue weighted by Crippen LogP contribution is 2.15. The zero-order chi connectivity index (χ0) is 18.8. The molecule has 0 aliphatic heterocycles. The average Bonchev–Trinajstić information content (AvgIpc) is 3.13. The molecule has 0 saturated carbocycles. The van der Waals surface area contributed by atoms with Crippen molar-refractivity contribution in [1.29, 1.82) is 0 Å². The van der Waals surface area contributed by atoms with Crippen molar-refractivity contribution in [2.24, 2.45) is 0 Å². The molecule has 3 heterocycles. The lowest BCUT2D eigenvalue weighted by Crippen LogP contribution is -2.21. The van der Waals surface area contributed by atoms with E-state index in [1.54, 1.807) is 13.0 Å². The summed E-state index contributed by atoms with van der Waals surface area (Å²) in [6.07, 6.45) is 1.12. The number of amides is 1. The lowest BCUT2D eigenvalue weighted by Gasteiger charge is -2.08. The molecule has 1 N–H and O–H groups in total. The molecule has 134 valence electrons. The van der Waals surface area contributed by atoms with Crippen molar-refractivity contribution in [3.8, 4) is 5.95 Å². The third-order valence-corrected chi connectivity index (χ3v) is 3.25. The summed E-state index contributed by atoms with van der Waals surface area (Å²) in [7, 11) is 0. The lowest BCUT2D eigenvalue weighted by molar-refractivity contribution is -0.394. The van der Waals surface area contributed by atoms with Crippen LogP contribution in [0.4, 0.5) is 11.8 Å². The van der Waals surface area contributed by atoms with Gasteiger partial charge in [-0.15, -0.1) is 0 Å². The van der Waals surface area contributed by atoms with Crippen molar-refractivity contribution >= 4 is 17.7 Å². The van der Waals surface area contributed by atoms with E-state index < -0.39 is 16.8 Å². The molecule has 0 saturated heterocycles. The Morgan fingerprint density at radius 2 is 1.85 bits per heavy atom. The quantitative estimate of drug-likeness (QED) is 0.519. The molecule has 3 aromatic heterocycles. The number of aromatic nitrogens is 7. The Labute approximate surface area is 147 Å². The predicted octanol–water partition coefficient (Wildman–Crippen LogP) is 0.726. The van der Waals surface area contributed by atoms with Crippen molar-refractivity contribution in [2.45, 2.75) is 27.3 Å². The van der Waals surface area contributed by atoms with Gasteiger partial charge >= 0.3 is 5.95 Å². The van der Waals surface area contributed by atoms with E-state index in [0.29, 0.717) is 17.5 Å². The second-order valence-corrected chi connectivity index (χ2v) is 5.58. The van der Waals surface area contributed by atoms with Gasteiger partial charge in [0, 0.05) is 22.6 Å². The molecule has 0 radical (unpaired) electrons. The number of anilines is 1. The van der Waals surface area contributed by atoms with E-state index in [1.807, 2.05) is 19.9 Å². The first kappa shape index (κ1) is 17.1. The minimum Gasteiger partial charge on any atom is -0.390 e. The number of hydrogen-bond donors (Lipinski definition) is 1. The van der Waals surface area contributed by atoms with Crippen LogP contribution in [0.15, 0.2) is 18.5 Å². The Bertz CT molecular complexity index is 971. The van der Waals surface area contributed by atoms with Crippen LogP contribution in [-0.4, -0.2) is 45.3 Å². The standard InChI is InChI=1S/C14H15N9O3/c1-8-4-9(2)17-14(16-8)22-11(5-10(3)19-22)18-12(24)6-21-7-15-13(20-21)23(25)26/h4-5,7H,6H2,1-3H3,(H,18,24). The molecule has 3 rings (SSSR count). The van der Waals surface area contributed by atoms with Crippen LogP contribution in [0, 0.1) is 30.9 Å². The fraction of sp³-hybridized carbons (Fsp3) is 0.286. The normalized spacial score (nSPS) is 10.7. The Hall–Kier alpha value is -3.70. The van der Waals surface area contributed by atoms with Crippen LogP contribution < -0.4 is 5.32 Å². The molecule has 12 heteroatoms. The molecule has 0 spiro atoms. The van der Waals surface area contributed by atoms with Crippen LogP contribution in [0.1, 0.15) is 17.1 Å². The molecular formula is C14H15N9O3. The molecular weight excluding hydrogens is 342 g/mol. The Morgan fingerprint density at radius 3 is 2.46 bits per heavy atom. The topological polar surface area (TPSA) is 147 Å². The van der Waals surface area contributed by atoms with Crippen LogP contribution in [0.25, 0.3) is 5.95 Å². The molecule has 1 amide bonds. The van der Waals surface area contributed by atoms with E-state index in [4.69, 9.17) is 0 Å². The SMILES string of the molecule is Cc1cc(C)nc(-n2nc(C)cc2NC(=O)Cn2cnc([N+](=O)[O-])n2)n1. The number of nitrogens with one attached hydrogen (secondary N) is 1. The summed E-state index contributed by atoms with van der Waals surface area (Å²) in [5.41, 5.74) is 2.21. The Balaban J connectivity index is 1.81. The molecule has 0 aliphatic carbocycles. The second kappa shape index (κ2) is 6.66. The highest BCUT2D eigenvalue weighted by atomic mass is 16.6. The van der Waals surface area contributed by atoms with Crippen molar-refractivity contribution < 1.29 is 9.72 Å². The predicted molar refractivity (Wildman–Crippen MR) is 88.7 cm³/mol. The zero-order valence-corrected chi connectivity index (χ0v) is 14.2. The van der Waals surface area contributed by atoms with Gasteiger partial charge in [-0.25, -0.2) is 9.97 Å². The van der Waals surface area contributed by atoms with Gasteiger partial charge in [-0.3, -0.25) is 4.79 Å². The Kier molecular flexibility index (Phi) is 4.39. The number of carbonyl (C=O) groups is 1. The van der Waals surface area contributed by atoms with Crippen molar-refractivity contribution in [2.75, 3.05) is 5.32 Å². The maximum absolute atomic E-state index is 12.2. The molecule has 12 nitrogen and oxygen atoms in total. The summed E-state index contributed by atoms with van der Waals surface area (Å²) in [6.45, 7) is 5.21. The second-order valence-electron chi connectivity index (χ2n) is 5.58. The molecule has 0 aliphatic rings. The van der Waals surface area contributed by atoms with Crippen LogP contribution in [0.3, 0.4) is 0 Å². The minimum absolute atomic E-state index is 0.237. The first-order valence-electron chi connectivity index (χ1n) is 7.55. The smallest absolute Gasteiger partial charge is 0.390 e. The molecule has 0 aromatic carbocycles. The van der Waals surface area contributed by atoms with Gasteiger partial charge in [0.05, 0.1) is 5.69 Å². The van der Waals surface area contributed by atoms with Gasteiger partial charge in [0.15, 0.2) is 0 Å². The van der Waals surface area contributed by atoms with E-state index in [0.717, 1.165) is 22.4 Å². The van der Waals surface area contributed by atoms with Crippen molar-refractivity contribution in [1.82, 2.24) is 34.5 Å². The maximum Gasteiger partial charge on any atom is 0.490 e. The number of carbonyl (C=O) groups excluding carboxylic acids is 1. The monoisotopic (exact) mass is 357 g/mol. The lowest BCUT2D eigenvalue weighted by atomic mass is 10.4. The number of rotatable bonds is 5. The van der Waals surface area contributed by atoms with Crippen molar-refractivity contribution in [3.63, 3.8) is 0 Å². The van der Waals surface area contributed by atoms with Crippen LogP contribution in [-0.2, 0) is 11.3 Å². The summed E-state index contributed by atoms with van der Waals surface area (Å²) in [5, 5.41) is 21.2. The number of aryl methyl sites for hydroxylation is 3. The van der Waals surface area contributed by atoms with Gasteiger partial charge in [0.2, 0.25) is 12.2 Å². The van der Waals surface area contributed by atoms with Crippen LogP contribution >= 0.6 is 0 Å². The van der Waals surface area contributed by atoms with Gasteiger partial charge in [-0.05, 0) is 31.8 Å². The van der Waals surface area contributed by atoms with E-state index >= 15 is 0 Å². The maximum atomic E-state index is 12.2. The molecule has 0 bridgehead atoms. The summed E-state index contributed by atoms with van der Waals surface area (Å²) in [5.74, 6) is -0.299. The van der Waals surface area contributed by atoms with E-state index in [1.165, 1.54) is 4.68 Å². The van der Waals surface area contributed by atoms with E-state index in [9.17, 15) is 14.9 Å². The molecule has 0 unspecified atom stereocenters.